The van der Waals surface area contributed by atoms with Crippen LogP contribution in [0.4, 0.5) is 4.39 Å². The minimum absolute atomic E-state index is 0.104. The van der Waals surface area contributed by atoms with Gasteiger partial charge in [0.05, 0.1) is 11.2 Å². The van der Waals surface area contributed by atoms with Crippen LogP contribution in [0.15, 0.2) is 54.6 Å². The summed E-state index contributed by atoms with van der Waals surface area (Å²) in [6.07, 6.45) is 0. The third-order valence-electron chi connectivity index (χ3n) is 3.31. The minimum atomic E-state index is -0.346. The van der Waals surface area contributed by atoms with E-state index in [1.54, 1.807) is 12.1 Å². The van der Waals surface area contributed by atoms with Crippen molar-refractivity contribution < 1.29 is 9.13 Å². The third kappa shape index (κ3) is 2.85. The zero-order chi connectivity index (χ0) is 14.7. The largest absolute Gasteiger partial charge is 0.487 e. The fourth-order valence-electron chi connectivity index (χ4n) is 2.21. The Kier molecular flexibility index (Phi) is 3.79. The van der Waals surface area contributed by atoms with Gasteiger partial charge in [-0.3, -0.25) is 0 Å². The predicted molar refractivity (Wildman–Crippen MR) is 80.4 cm³/mol. The van der Waals surface area contributed by atoms with Crippen molar-refractivity contribution in [1.29, 1.82) is 0 Å². The molecule has 2 aromatic carbocycles. The number of ether oxygens (including phenoxy) is 1. The Balaban J connectivity index is 1.82. The van der Waals surface area contributed by atoms with Crippen LogP contribution < -0.4 is 10.5 Å². The van der Waals surface area contributed by atoms with Gasteiger partial charge in [-0.05, 0) is 24.3 Å². The molecule has 3 nitrogen and oxygen atoms in total. The molecule has 0 unspecified atom stereocenters. The average Bonchev–Trinajstić information content (AvgIpc) is 2.52. The Morgan fingerprint density at radius 2 is 1.86 bits per heavy atom. The highest BCUT2D eigenvalue weighted by Gasteiger charge is 2.08. The van der Waals surface area contributed by atoms with Crippen molar-refractivity contribution in [1.82, 2.24) is 4.98 Å². The van der Waals surface area contributed by atoms with Gasteiger partial charge in [-0.2, -0.15) is 0 Å². The molecule has 1 aromatic heterocycles. The van der Waals surface area contributed by atoms with E-state index in [4.69, 9.17) is 10.5 Å². The molecule has 0 aliphatic heterocycles. The molecular weight excluding hydrogens is 267 g/mol. The second kappa shape index (κ2) is 5.89. The number of hydrogen-bond donors (Lipinski definition) is 1. The maximum Gasteiger partial charge on any atom is 0.131 e. The Morgan fingerprint density at radius 3 is 2.71 bits per heavy atom. The van der Waals surface area contributed by atoms with Gasteiger partial charge in [-0.1, -0.05) is 30.3 Å². The molecule has 0 aliphatic rings. The molecule has 0 radical (unpaired) electrons. The lowest BCUT2D eigenvalue weighted by molar-refractivity contribution is 0.296. The Hall–Kier alpha value is -2.46. The smallest absolute Gasteiger partial charge is 0.131 e. The zero-order valence-electron chi connectivity index (χ0n) is 11.4. The minimum Gasteiger partial charge on any atom is -0.487 e. The first kappa shape index (κ1) is 13.5. The Morgan fingerprint density at radius 1 is 1.00 bits per heavy atom. The first-order valence-corrected chi connectivity index (χ1v) is 6.73. The number of pyridine rings is 1. The summed E-state index contributed by atoms with van der Waals surface area (Å²) in [5.41, 5.74) is 7.65. The maximum atomic E-state index is 13.6. The van der Waals surface area contributed by atoms with Crippen molar-refractivity contribution in [3.8, 4) is 5.75 Å². The summed E-state index contributed by atoms with van der Waals surface area (Å²) < 4.78 is 19.3. The first-order valence-electron chi connectivity index (χ1n) is 6.73. The molecule has 4 heteroatoms. The van der Waals surface area contributed by atoms with Gasteiger partial charge in [-0.25, -0.2) is 9.37 Å². The van der Waals surface area contributed by atoms with Crippen molar-refractivity contribution >= 4 is 10.9 Å². The highest BCUT2D eigenvalue weighted by molar-refractivity contribution is 5.78. The molecule has 0 saturated heterocycles. The standard InChI is InChI=1S/C17H15FN2O/c18-15-5-3-7-17(14(15)10-19)21-11-13-9-8-12-4-1-2-6-16(12)20-13/h1-9H,10-11,19H2. The van der Waals surface area contributed by atoms with Gasteiger partial charge in [0.1, 0.15) is 18.2 Å². The zero-order valence-corrected chi connectivity index (χ0v) is 11.4. The topological polar surface area (TPSA) is 48.1 Å². The number of fused-ring (bicyclic) bond motifs is 1. The van der Waals surface area contributed by atoms with Gasteiger partial charge in [0.15, 0.2) is 0 Å². The van der Waals surface area contributed by atoms with Gasteiger partial charge in [0, 0.05) is 17.5 Å². The van der Waals surface area contributed by atoms with E-state index in [0.717, 1.165) is 16.6 Å². The molecule has 0 amide bonds. The van der Waals surface area contributed by atoms with Crippen molar-refractivity contribution in [2.24, 2.45) is 5.73 Å². The summed E-state index contributed by atoms with van der Waals surface area (Å²) in [5, 5.41) is 1.08. The Labute approximate surface area is 122 Å². The van der Waals surface area contributed by atoms with Crippen LogP contribution >= 0.6 is 0 Å². The monoisotopic (exact) mass is 282 g/mol. The van der Waals surface area contributed by atoms with Gasteiger partial charge >= 0.3 is 0 Å². The van der Waals surface area contributed by atoms with Crippen molar-refractivity contribution in [3.63, 3.8) is 0 Å². The molecular formula is C17H15FN2O. The highest BCUT2D eigenvalue weighted by Crippen LogP contribution is 2.22. The lowest BCUT2D eigenvalue weighted by Crippen LogP contribution is -2.05. The van der Waals surface area contributed by atoms with E-state index < -0.39 is 0 Å². The lowest BCUT2D eigenvalue weighted by atomic mass is 10.2. The van der Waals surface area contributed by atoms with Crippen molar-refractivity contribution in [2.75, 3.05) is 0 Å². The maximum absolute atomic E-state index is 13.6. The number of aromatic nitrogens is 1. The number of rotatable bonds is 4. The fraction of sp³-hybridized carbons (Fsp3) is 0.118. The summed E-state index contributed by atoms with van der Waals surface area (Å²) in [4.78, 5) is 4.52. The SMILES string of the molecule is NCc1c(F)cccc1OCc1ccc2ccccc2n1. The van der Waals surface area contributed by atoms with Crippen LogP contribution in [0.5, 0.6) is 5.75 Å². The Bertz CT molecular complexity index is 774. The summed E-state index contributed by atoms with van der Waals surface area (Å²) >= 11 is 0. The number of nitrogens with two attached hydrogens (primary N) is 1. The second-order valence-electron chi connectivity index (χ2n) is 4.70. The normalized spacial score (nSPS) is 10.8. The van der Waals surface area contributed by atoms with E-state index >= 15 is 0 Å². The van der Waals surface area contributed by atoms with Gasteiger partial charge in [0.25, 0.3) is 0 Å². The highest BCUT2D eigenvalue weighted by atomic mass is 19.1. The van der Waals surface area contributed by atoms with E-state index in [1.165, 1.54) is 6.07 Å². The molecule has 1 heterocycles. The molecule has 3 rings (SSSR count). The van der Waals surface area contributed by atoms with Gasteiger partial charge in [-0.15, -0.1) is 0 Å². The van der Waals surface area contributed by atoms with E-state index in [-0.39, 0.29) is 19.0 Å². The molecule has 0 aliphatic carbocycles. The molecule has 0 fully saturated rings. The molecule has 0 bridgehead atoms. The number of benzene rings is 2. The van der Waals surface area contributed by atoms with Crippen LogP contribution in [0.3, 0.4) is 0 Å². The van der Waals surface area contributed by atoms with Crippen LogP contribution in [0.1, 0.15) is 11.3 Å². The summed E-state index contributed by atoms with van der Waals surface area (Å²) in [6, 6.07) is 16.5. The van der Waals surface area contributed by atoms with Crippen LogP contribution in [0.2, 0.25) is 0 Å². The molecule has 0 atom stereocenters. The molecule has 3 aromatic rings. The molecule has 2 N–H and O–H groups in total. The quantitative estimate of drug-likeness (QED) is 0.797. The van der Waals surface area contributed by atoms with Crippen LogP contribution in [-0.4, -0.2) is 4.98 Å². The van der Waals surface area contributed by atoms with Gasteiger partial charge in [0.2, 0.25) is 0 Å². The van der Waals surface area contributed by atoms with E-state index in [1.807, 2.05) is 36.4 Å². The van der Waals surface area contributed by atoms with Crippen LogP contribution in [-0.2, 0) is 13.2 Å². The van der Waals surface area contributed by atoms with Gasteiger partial charge < -0.3 is 10.5 Å². The van der Waals surface area contributed by atoms with E-state index in [9.17, 15) is 4.39 Å². The number of nitrogens with zero attached hydrogens (tertiary/aromatic N) is 1. The van der Waals surface area contributed by atoms with E-state index in [0.29, 0.717) is 11.3 Å². The summed E-state index contributed by atoms with van der Waals surface area (Å²) in [6.45, 7) is 0.383. The summed E-state index contributed by atoms with van der Waals surface area (Å²) in [5.74, 6) is 0.119. The second-order valence-corrected chi connectivity index (χ2v) is 4.70. The number of para-hydroxylation sites is 1. The summed E-state index contributed by atoms with van der Waals surface area (Å²) in [7, 11) is 0. The number of halogens is 1. The molecule has 21 heavy (non-hydrogen) atoms. The predicted octanol–water partition coefficient (Wildman–Crippen LogP) is 3.41. The molecule has 0 spiro atoms. The first-order chi connectivity index (χ1) is 10.3. The van der Waals surface area contributed by atoms with Crippen LogP contribution in [0, 0.1) is 5.82 Å². The number of hydrogen-bond acceptors (Lipinski definition) is 3. The molecule has 106 valence electrons. The van der Waals surface area contributed by atoms with Crippen molar-refractivity contribution in [2.45, 2.75) is 13.2 Å². The van der Waals surface area contributed by atoms with Crippen molar-refractivity contribution in [3.05, 3.63) is 71.7 Å². The van der Waals surface area contributed by atoms with Crippen LogP contribution in [0.25, 0.3) is 10.9 Å². The van der Waals surface area contributed by atoms with E-state index in [2.05, 4.69) is 4.98 Å². The average molecular weight is 282 g/mol. The fourth-order valence-corrected chi connectivity index (χ4v) is 2.21. The lowest BCUT2D eigenvalue weighted by Gasteiger charge is -2.11. The molecule has 0 saturated carbocycles. The third-order valence-corrected chi connectivity index (χ3v) is 3.31.